The monoisotopic (exact) mass is 417 g/mol. The van der Waals surface area contributed by atoms with Crippen LogP contribution in [0.25, 0.3) is 0 Å². The summed E-state index contributed by atoms with van der Waals surface area (Å²) in [6.45, 7) is 3.50. The van der Waals surface area contributed by atoms with Gasteiger partial charge < -0.3 is 14.8 Å². The lowest BCUT2D eigenvalue weighted by Crippen LogP contribution is -2.17. The summed E-state index contributed by atoms with van der Waals surface area (Å²) in [4.78, 5) is 20.7. The van der Waals surface area contributed by atoms with E-state index in [-0.39, 0.29) is 6.61 Å². The van der Waals surface area contributed by atoms with Crippen LogP contribution in [0.1, 0.15) is 11.4 Å². The second-order valence-electron chi connectivity index (χ2n) is 5.96. The molecule has 0 aliphatic carbocycles. The topological polar surface area (TPSA) is 73.3 Å². The van der Waals surface area contributed by atoms with E-state index in [1.165, 1.54) is 6.07 Å². The van der Waals surface area contributed by atoms with Gasteiger partial charge in [-0.25, -0.2) is 14.8 Å². The summed E-state index contributed by atoms with van der Waals surface area (Å²) in [5, 5.41) is 3.90. The molecule has 0 aliphatic rings. The van der Waals surface area contributed by atoms with Crippen molar-refractivity contribution in [3.05, 3.63) is 70.0 Å². The smallest absolute Gasteiger partial charge is 0.349 e. The summed E-state index contributed by atoms with van der Waals surface area (Å²) in [6, 6.07) is 13.6. The minimum atomic E-state index is -0.564. The van der Waals surface area contributed by atoms with Crippen molar-refractivity contribution in [3.8, 4) is 11.5 Å². The highest BCUT2D eigenvalue weighted by Crippen LogP contribution is 2.27. The third-order valence-electron chi connectivity index (χ3n) is 3.54. The van der Waals surface area contributed by atoms with Gasteiger partial charge in [-0.3, -0.25) is 0 Å². The van der Waals surface area contributed by atoms with E-state index in [9.17, 15) is 4.79 Å². The zero-order valence-electron chi connectivity index (χ0n) is 15.2. The number of aromatic nitrogens is 2. The normalized spacial score (nSPS) is 10.4. The lowest BCUT2D eigenvalue weighted by atomic mass is 10.3. The van der Waals surface area contributed by atoms with Crippen molar-refractivity contribution in [2.24, 2.45) is 0 Å². The Balaban J connectivity index is 1.61. The molecule has 1 aromatic heterocycles. The van der Waals surface area contributed by atoms with Gasteiger partial charge >= 0.3 is 5.97 Å². The molecule has 28 heavy (non-hydrogen) atoms. The maximum absolute atomic E-state index is 12.1. The van der Waals surface area contributed by atoms with Crippen molar-refractivity contribution in [2.45, 2.75) is 13.8 Å². The summed E-state index contributed by atoms with van der Waals surface area (Å²) in [7, 11) is 0. The molecule has 0 atom stereocenters. The molecule has 6 nitrogen and oxygen atoms in total. The van der Waals surface area contributed by atoms with Crippen molar-refractivity contribution in [1.29, 1.82) is 0 Å². The Hall–Kier alpha value is -2.83. The predicted octanol–water partition coefficient (Wildman–Crippen LogP) is 5.13. The number of nitrogens with zero attached hydrogens (tertiary/aromatic N) is 2. The van der Waals surface area contributed by atoms with E-state index < -0.39 is 5.97 Å². The number of hydrogen-bond acceptors (Lipinski definition) is 6. The lowest BCUT2D eigenvalue weighted by Gasteiger charge is -2.10. The van der Waals surface area contributed by atoms with Crippen LogP contribution in [-0.2, 0) is 4.79 Å². The molecule has 2 aromatic carbocycles. The second kappa shape index (κ2) is 8.91. The molecule has 8 heteroatoms. The fraction of sp³-hybridized carbons (Fsp3) is 0.150. The van der Waals surface area contributed by atoms with Gasteiger partial charge in [-0.2, -0.15) is 0 Å². The quantitative estimate of drug-likeness (QED) is 0.442. The van der Waals surface area contributed by atoms with E-state index in [1.807, 2.05) is 26.0 Å². The molecule has 3 aromatic rings. The number of anilines is 2. The third-order valence-corrected chi connectivity index (χ3v) is 4.07. The van der Waals surface area contributed by atoms with Crippen LogP contribution < -0.4 is 14.8 Å². The first-order chi connectivity index (χ1) is 13.4. The number of esters is 1. The Morgan fingerprint density at radius 2 is 1.79 bits per heavy atom. The first-order valence-corrected chi connectivity index (χ1v) is 9.12. The van der Waals surface area contributed by atoms with Gasteiger partial charge in [0.2, 0.25) is 5.95 Å². The zero-order chi connectivity index (χ0) is 20.1. The fourth-order valence-corrected chi connectivity index (χ4v) is 2.90. The van der Waals surface area contributed by atoms with Gasteiger partial charge in [-0.05, 0) is 50.2 Å². The average Bonchev–Trinajstić information content (AvgIpc) is 2.60. The first-order valence-electron chi connectivity index (χ1n) is 8.37. The molecule has 0 saturated heterocycles. The molecule has 0 unspecified atom stereocenters. The number of aryl methyl sites for hydroxylation is 2. The average molecular weight is 418 g/mol. The van der Waals surface area contributed by atoms with E-state index in [0.717, 1.165) is 11.4 Å². The first kappa shape index (κ1) is 19.9. The number of carbonyl (C=O) groups is 1. The number of ether oxygens (including phenoxy) is 2. The van der Waals surface area contributed by atoms with Gasteiger partial charge in [0.25, 0.3) is 0 Å². The summed E-state index contributed by atoms with van der Waals surface area (Å²) in [5.41, 5.74) is 2.41. The Bertz CT molecular complexity index is 991. The molecule has 0 saturated carbocycles. The second-order valence-corrected chi connectivity index (χ2v) is 6.81. The van der Waals surface area contributed by atoms with Gasteiger partial charge in [0.15, 0.2) is 6.61 Å². The standard InChI is InChI=1S/C20H17Cl2N3O3/c1-12-8-13(2)24-20(23-12)25-15-4-3-5-16(10-15)28-19(26)11-27-18-7-6-14(21)9-17(18)22/h3-10H,11H2,1-2H3,(H,23,24,25). The van der Waals surface area contributed by atoms with Gasteiger partial charge in [0, 0.05) is 28.2 Å². The maximum atomic E-state index is 12.1. The molecule has 0 aliphatic heterocycles. The summed E-state index contributed by atoms with van der Waals surface area (Å²) >= 11 is 11.8. The van der Waals surface area contributed by atoms with Crippen LogP contribution >= 0.6 is 23.2 Å². The summed E-state index contributed by atoms with van der Waals surface area (Å²) in [6.07, 6.45) is 0. The molecule has 1 N–H and O–H groups in total. The SMILES string of the molecule is Cc1cc(C)nc(Nc2cccc(OC(=O)COc3ccc(Cl)cc3Cl)c2)n1. The van der Waals surface area contributed by atoms with Crippen LogP contribution in [0.2, 0.25) is 10.0 Å². The third kappa shape index (κ3) is 5.58. The number of benzene rings is 2. The molecule has 144 valence electrons. The van der Waals surface area contributed by atoms with E-state index >= 15 is 0 Å². The van der Waals surface area contributed by atoms with Crippen LogP contribution in [0.15, 0.2) is 48.5 Å². The van der Waals surface area contributed by atoms with Crippen molar-refractivity contribution >= 4 is 40.8 Å². The van der Waals surface area contributed by atoms with Gasteiger partial charge in [0.05, 0.1) is 5.02 Å². The predicted molar refractivity (Wildman–Crippen MR) is 109 cm³/mol. The number of nitrogens with one attached hydrogen (secondary N) is 1. The highest BCUT2D eigenvalue weighted by atomic mass is 35.5. The molecule has 1 heterocycles. The number of carbonyl (C=O) groups excluding carboxylic acids is 1. The Morgan fingerprint density at radius 3 is 2.50 bits per heavy atom. The van der Waals surface area contributed by atoms with Crippen LogP contribution in [0.3, 0.4) is 0 Å². The van der Waals surface area contributed by atoms with Gasteiger partial charge in [0.1, 0.15) is 11.5 Å². The number of halogens is 2. The molecule has 0 bridgehead atoms. The van der Waals surface area contributed by atoms with Crippen LogP contribution in [-0.4, -0.2) is 22.5 Å². The van der Waals surface area contributed by atoms with Crippen LogP contribution in [0.5, 0.6) is 11.5 Å². The van der Waals surface area contributed by atoms with Crippen molar-refractivity contribution in [1.82, 2.24) is 9.97 Å². The highest BCUT2D eigenvalue weighted by molar-refractivity contribution is 6.35. The van der Waals surface area contributed by atoms with Crippen molar-refractivity contribution in [2.75, 3.05) is 11.9 Å². The molecule has 0 fully saturated rings. The summed E-state index contributed by atoms with van der Waals surface area (Å²) < 4.78 is 10.7. The molecule has 0 radical (unpaired) electrons. The molecule has 0 spiro atoms. The Kier molecular flexibility index (Phi) is 6.34. The highest BCUT2D eigenvalue weighted by Gasteiger charge is 2.10. The van der Waals surface area contributed by atoms with E-state index in [4.69, 9.17) is 32.7 Å². The Labute approximate surface area is 172 Å². The van der Waals surface area contributed by atoms with E-state index in [2.05, 4.69) is 15.3 Å². The minimum Gasteiger partial charge on any atom is -0.480 e. The van der Waals surface area contributed by atoms with Crippen LogP contribution in [0.4, 0.5) is 11.6 Å². The minimum absolute atomic E-state index is 0.292. The maximum Gasteiger partial charge on any atom is 0.349 e. The fourth-order valence-electron chi connectivity index (χ4n) is 2.44. The van der Waals surface area contributed by atoms with Crippen molar-refractivity contribution in [3.63, 3.8) is 0 Å². The van der Waals surface area contributed by atoms with Crippen LogP contribution in [0, 0.1) is 13.8 Å². The number of rotatable bonds is 6. The Morgan fingerprint density at radius 1 is 1.04 bits per heavy atom. The summed E-state index contributed by atoms with van der Waals surface area (Å²) in [5.74, 6) is 0.628. The largest absolute Gasteiger partial charge is 0.480 e. The van der Waals surface area contributed by atoms with E-state index in [0.29, 0.717) is 33.2 Å². The molecular formula is C20H17Cl2N3O3. The zero-order valence-corrected chi connectivity index (χ0v) is 16.7. The molecule has 0 amide bonds. The van der Waals surface area contributed by atoms with Gasteiger partial charge in [-0.15, -0.1) is 0 Å². The van der Waals surface area contributed by atoms with Crippen molar-refractivity contribution < 1.29 is 14.3 Å². The van der Waals surface area contributed by atoms with Gasteiger partial charge in [-0.1, -0.05) is 29.3 Å². The molecular weight excluding hydrogens is 401 g/mol. The lowest BCUT2D eigenvalue weighted by molar-refractivity contribution is -0.136. The molecule has 3 rings (SSSR count). The number of hydrogen-bond donors (Lipinski definition) is 1. The van der Waals surface area contributed by atoms with E-state index in [1.54, 1.807) is 30.3 Å².